The van der Waals surface area contributed by atoms with Crippen LogP contribution in [-0.2, 0) is 11.3 Å². The number of carbonyl (C=O) groups excluding carboxylic acids is 2. The molecule has 1 aliphatic heterocycles. The van der Waals surface area contributed by atoms with Crippen molar-refractivity contribution in [1.82, 2.24) is 25.0 Å². The summed E-state index contributed by atoms with van der Waals surface area (Å²) in [7, 11) is 0. The van der Waals surface area contributed by atoms with E-state index in [1.807, 2.05) is 43.0 Å². The van der Waals surface area contributed by atoms with Crippen LogP contribution in [0.4, 0.5) is 0 Å². The molecule has 4 rings (SSSR count). The molecule has 0 bridgehead atoms. The maximum atomic E-state index is 13.3. The smallest absolute Gasteiger partial charge is 0.257 e. The molecule has 3 aromatic rings. The molecule has 3 aromatic heterocycles. The van der Waals surface area contributed by atoms with Gasteiger partial charge in [0.2, 0.25) is 5.91 Å². The average Bonchev–Trinajstić information content (AvgIpc) is 3.48. The van der Waals surface area contributed by atoms with Crippen LogP contribution in [0.5, 0.6) is 0 Å². The predicted molar refractivity (Wildman–Crippen MR) is 115 cm³/mol. The van der Waals surface area contributed by atoms with E-state index in [0.717, 1.165) is 11.5 Å². The van der Waals surface area contributed by atoms with Gasteiger partial charge in [-0.1, -0.05) is 19.9 Å². The molecule has 8 heteroatoms. The Morgan fingerprint density at radius 3 is 2.65 bits per heavy atom. The molecule has 0 saturated carbocycles. The van der Waals surface area contributed by atoms with E-state index >= 15 is 0 Å². The van der Waals surface area contributed by atoms with Crippen LogP contribution in [0.1, 0.15) is 54.4 Å². The van der Waals surface area contributed by atoms with Crippen molar-refractivity contribution >= 4 is 11.8 Å². The largest absolute Gasteiger partial charge is 0.467 e. The molecule has 0 aromatic carbocycles. The van der Waals surface area contributed by atoms with Crippen LogP contribution in [-0.4, -0.2) is 44.6 Å². The van der Waals surface area contributed by atoms with Crippen molar-refractivity contribution in [3.63, 3.8) is 0 Å². The number of carbonyl (C=O) groups is 2. The number of aromatic nitrogens is 3. The minimum atomic E-state index is -0.0974. The topological polar surface area (TPSA) is 93.3 Å². The summed E-state index contributed by atoms with van der Waals surface area (Å²) < 4.78 is 7.00. The van der Waals surface area contributed by atoms with Crippen molar-refractivity contribution in [2.24, 2.45) is 5.92 Å². The van der Waals surface area contributed by atoms with Crippen LogP contribution >= 0.6 is 0 Å². The SMILES string of the molecule is CC(C)c1c(C(=O)N2CCC(C(=O)NCc3ccco3)CC2)cnn1-c1ccccn1. The van der Waals surface area contributed by atoms with Gasteiger partial charge in [-0.15, -0.1) is 0 Å². The molecule has 31 heavy (non-hydrogen) atoms. The Hall–Kier alpha value is -3.42. The predicted octanol–water partition coefficient (Wildman–Crippen LogP) is 3.15. The molecular formula is C23H27N5O3. The lowest BCUT2D eigenvalue weighted by molar-refractivity contribution is -0.126. The van der Waals surface area contributed by atoms with Crippen LogP contribution < -0.4 is 5.32 Å². The minimum absolute atomic E-state index is 0.00865. The first-order valence-electron chi connectivity index (χ1n) is 10.6. The highest BCUT2D eigenvalue weighted by atomic mass is 16.3. The van der Waals surface area contributed by atoms with Crippen molar-refractivity contribution in [3.8, 4) is 5.82 Å². The number of likely N-dealkylation sites (tertiary alicyclic amines) is 1. The molecule has 0 atom stereocenters. The Labute approximate surface area is 181 Å². The fourth-order valence-electron chi connectivity index (χ4n) is 3.99. The van der Waals surface area contributed by atoms with E-state index in [9.17, 15) is 9.59 Å². The highest BCUT2D eigenvalue weighted by Gasteiger charge is 2.30. The summed E-state index contributed by atoms with van der Waals surface area (Å²) in [5.41, 5.74) is 1.45. The molecular weight excluding hydrogens is 394 g/mol. The Balaban J connectivity index is 1.41. The van der Waals surface area contributed by atoms with Gasteiger partial charge in [-0.3, -0.25) is 9.59 Å². The number of furan rings is 1. The fourth-order valence-corrected chi connectivity index (χ4v) is 3.99. The quantitative estimate of drug-likeness (QED) is 0.660. The summed E-state index contributed by atoms with van der Waals surface area (Å²) in [6.07, 6.45) is 6.22. The summed E-state index contributed by atoms with van der Waals surface area (Å²) in [6, 6.07) is 9.26. The second-order valence-electron chi connectivity index (χ2n) is 8.06. The standard InChI is InChI=1S/C23H27N5O3/c1-16(2)21-19(15-26-28(21)20-7-3-4-10-24-20)23(30)27-11-8-17(9-12-27)22(29)25-14-18-6-5-13-31-18/h3-7,10,13,15-17H,8-9,11-12,14H2,1-2H3,(H,25,29). The summed E-state index contributed by atoms with van der Waals surface area (Å²) >= 11 is 0. The second kappa shape index (κ2) is 9.16. The Kier molecular flexibility index (Phi) is 6.16. The first kappa shape index (κ1) is 20.8. The lowest BCUT2D eigenvalue weighted by Gasteiger charge is -2.31. The number of hydrogen-bond acceptors (Lipinski definition) is 5. The van der Waals surface area contributed by atoms with Crippen molar-refractivity contribution < 1.29 is 14.0 Å². The molecule has 8 nitrogen and oxygen atoms in total. The van der Waals surface area contributed by atoms with Crippen molar-refractivity contribution in [1.29, 1.82) is 0 Å². The van der Waals surface area contributed by atoms with Gasteiger partial charge in [0.25, 0.3) is 5.91 Å². The van der Waals surface area contributed by atoms with Gasteiger partial charge in [0.15, 0.2) is 5.82 Å². The van der Waals surface area contributed by atoms with E-state index in [-0.39, 0.29) is 23.7 Å². The van der Waals surface area contributed by atoms with E-state index in [1.54, 1.807) is 29.4 Å². The van der Waals surface area contributed by atoms with Gasteiger partial charge in [-0.05, 0) is 43.0 Å². The maximum Gasteiger partial charge on any atom is 0.257 e. The van der Waals surface area contributed by atoms with Crippen molar-refractivity contribution in [2.75, 3.05) is 13.1 Å². The Bertz CT molecular complexity index is 1020. The van der Waals surface area contributed by atoms with E-state index in [0.29, 0.717) is 43.9 Å². The van der Waals surface area contributed by atoms with Gasteiger partial charge in [0, 0.05) is 25.2 Å². The van der Waals surface area contributed by atoms with Gasteiger partial charge in [0.05, 0.1) is 30.3 Å². The van der Waals surface area contributed by atoms with E-state index in [1.165, 1.54) is 0 Å². The fraction of sp³-hybridized carbons (Fsp3) is 0.391. The van der Waals surface area contributed by atoms with Gasteiger partial charge < -0.3 is 14.6 Å². The summed E-state index contributed by atoms with van der Waals surface area (Å²) in [4.78, 5) is 31.9. The molecule has 0 radical (unpaired) electrons. The summed E-state index contributed by atoms with van der Waals surface area (Å²) in [6.45, 7) is 5.56. The van der Waals surface area contributed by atoms with E-state index < -0.39 is 0 Å². The molecule has 4 heterocycles. The third kappa shape index (κ3) is 4.52. The molecule has 0 aliphatic carbocycles. The van der Waals surface area contributed by atoms with Crippen molar-refractivity contribution in [2.45, 2.75) is 39.2 Å². The van der Waals surface area contributed by atoms with Crippen LogP contribution in [0.3, 0.4) is 0 Å². The third-order valence-electron chi connectivity index (χ3n) is 5.62. The number of hydrogen-bond donors (Lipinski definition) is 1. The zero-order valence-electron chi connectivity index (χ0n) is 17.8. The van der Waals surface area contributed by atoms with Gasteiger partial charge in [-0.2, -0.15) is 5.10 Å². The second-order valence-corrected chi connectivity index (χ2v) is 8.06. The molecule has 1 aliphatic rings. The zero-order valence-corrected chi connectivity index (χ0v) is 17.8. The van der Waals surface area contributed by atoms with E-state index in [2.05, 4.69) is 15.4 Å². The number of amides is 2. The average molecular weight is 422 g/mol. The number of piperidine rings is 1. The number of rotatable bonds is 6. The van der Waals surface area contributed by atoms with Crippen LogP contribution in [0.25, 0.3) is 5.82 Å². The number of pyridine rings is 1. The first-order valence-corrected chi connectivity index (χ1v) is 10.6. The van der Waals surface area contributed by atoms with Crippen LogP contribution in [0.2, 0.25) is 0 Å². The molecule has 162 valence electrons. The first-order chi connectivity index (χ1) is 15.0. The van der Waals surface area contributed by atoms with E-state index in [4.69, 9.17) is 4.42 Å². The van der Waals surface area contributed by atoms with Gasteiger partial charge in [0.1, 0.15) is 5.76 Å². The Morgan fingerprint density at radius 1 is 1.19 bits per heavy atom. The Morgan fingerprint density at radius 2 is 2.00 bits per heavy atom. The van der Waals surface area contributed by atoms with Crippen LogP contribution in [0, 0.1) is 5.92 Å². The normalized spacial score (nSPS) is 14.7. The maximum absolute atomic E-state index is 13.3. The van der Waals surface area contributed by atoms with Crippen LogP contribution in [0.15, 0.2) is 53.4 Å². The zero-order chi connectivity index (χ0) is 21.8. The molecule has 2 amide bonds. The molecule has 0 spiro atoms. The molecule has 1 saturated heterocycles. The lowest BCUT2D eigenvalue weighted by Crippen LogP contribution is -2.43. The minimum Gasteiger partial charge on any atom is -0.467 e. The highest BCUT2D eigenvalue weighted by molar-refractivity contribution is 5.95. The molecule has 1 fully saturated rings. The molecule has 1 N–H and O–H groups in total. The highest BCUT2D eigenvalue weighted by Crippen LogP contribution is 2.26. The molecule has 0 unspecified atom stereocenters. The lowest BCUT2D eigenvalue weighted by atomic mass is 9.95. The monoisotopic (exact) mass is 421 g/mol. The summed E-state index contributed by atoms with van der Waals surface area (Å²) in [5.74, 6) is 1.40. The third-order valence-corrected chi connectivity index (χ3v) is 5.62. The number of nitrogens with one attached hydrogen (secondary N) is 1. The summed E-state index contributed by atoms with van der Waals surface area (Å²) in [5, 5.41) is 7.37. The van der Waals surface area contributed by atoms with Gasteiger partial charge >= 0.3 is 0 Å². The van der Waals surface area contributed by atoms with Gasteiger partial charge in [-0.25, -0.2) is 9.67 Å². The number of nitrogens with zero attached hydrogens (tertiary/aromatic N) is 4. The van der Waals surface area contributed by atoms with Crippen molar-refractivity contribution in [3.05, 3.63) is 66.0 Å².